The summed E-state index contributed by atoms with van der Waals surface area (Å²) in [6.07, 6.45) is 5.44. The second kappa shape index (κ2) is 1.25. The molecule has 1 aliphatic carbocycles. The van der Waals surface area contributed by atoms with Crippen molar-refractivity contribution < 1.29 is 4.79 Å². The van der Waals surface area contributed by atoms with Gasteiger partial charge in [0.15, 0.2) is 0 Å². The summed E-state index contributed by atoms with van der Waals surface area (Å²) < 4.78 is 0. The van der Waals surface area contributed by atoms with E-state index < -0.39 is 0 Å². The Balaban J connectivity index is 2.16. The van der Waals surface area contributed by atoms with Gasteiger partial charge < -0.3 is 0 Å². The van der Waals surface area contributed by atoms with Gasteiger partial charge in [-0.3, -0.25) is 4.79 Å². The van der Waals surface area contributed by atoms with Gasteiger partial charge in [-0.05, 0) is 6.42 Å². The summed E-state index contributed by atoms with van der Waals surface area (Å²) in [5, 5.41) is 0. The van der Waals surface area contributed by atoms with Crippen molar-refractivity contribution in [2.75, 3.05) is 0 Å². The first-order valence-corrected chi connectivity index (χ1v) is 1.96. The number of hydrogen-bond acceptors (Lipinski definition) is 1. The van der Waals surface area contributed by atoms with Crippen LogP contribution in [0.15, 0.2) is 11.6 Å². The molecule has 0 aromatic rings. The highest BCUT2D eigenvalue weighted by Gasteiger charge is 2.03. The zero-order valence-corrected chi connectivity index (χ0v) is 3.40. The fraction of sp³-hybridized carbons (Fsp3) is 0.400. The van der Waals surface area contributed by atoms with Crippen LogP contribution in [0.4, 0.5) is 0 Å². The molecule has 0 aliphatic heterocycles. The Hall–Kier alpha value is -0.590. The average Bonchev–Trinajstić information content (AvgIpc) is 2.21. The number of carbonyl (C=O) groups excluding carboxylic acids is 1. The summed E-state index contributed by atoms with van der Waals surface area (Å²) in [5.41, 5.74) is 1.24. The average molecular weight is 81.1 g/mol. The Morgan fingerprint density at radius 3 is 2.83 bits per heavy atom. The van der Waals surface area contributed by atoms with Crippen molar-refractivity contribution in [1.82, 2.24) is 0 Å². The van der Waals surface area contributed by atoms with Gasteiger partial charge in [0.05, 0.1) is 0 Å². The largest absolute Gasteiger partial charge is 0.291 e. The highest BCUT2D eigenvalue weighted by molar-refractivity contribution is 5.57. The van der Waals surface area contributed by atoms with Crippen LogP contribution < -0.4 is 0 Å². The molecule has 0 spiro atoms. The lowest BCUT2D eigenvalue weighted by atomic mass is 10.4. The number of hydrogen-bond donors (Lipinski definition) is 0. The van der Waals surface area contributed by atoms with Crippen LogP contribution in [0.5, 0.6) is 0 Å². The molecular weight excluding hydrogens is 76.1 g/mol. The van der Waals surface area contributed by atoms with E-state index in [1.807, 2.05) is 12.4 Å². The van der Waals surface area contributed by atoms with Crippen molar-refractivity contribution in [3.05, 3.63) is 11.6 Å². The van der Waals surface area contributed by atoms with Crippen LogP contribution >= 0.6 is 0 Å². The molecule has 0 bridgehead atoms. The zero-order chi connectivity index (χ0) is 4.41. The minimum absolute atomic E-state index is 0.542. The van der Waals surface area contributed by atoms with Crippen LogP contribution in [0.1, 0.15) is 12.8 Å². The van der Waals surface area contributed by atoms with Crippen LogP contribution in [-0.2, 0) is 4.79 Å². The Labute approximate surface area is 36.7 Å². The van der Waals surface area contributed by atoms with Gasteiger partial charge >= 0.3 is 0 Å². The molecule has 1 heteroatoms. The normalized spacial score (nSPS) is 16.3. The minimum Gasteiger partial charge on any atom is -0.291 e. The van der Waals surface area contributed by atoms with E-state index in [-0.39, 0.29) is 0 Å². The molecule has 31 valence electrons. The van der Waals surface area contributed by atoms with E-state index in [1.165, 1.54) is 5.57 Å². The summed E-state index contributed by atoms with van der Waals surface area (Å²) in [6.45, 7) is 0. The van der Waals surface area contributed by atoms with Gasteiger partial charge in [-0.1, -0.05) is 11.6 Å². The smallest absolute Gasteiger partial charge is 0.202 e. The molecule has 0 aromatic carbocycles. The monoisotopic (exact) mass is 81.0 g/mol. The van der Waals surface area contributed by atoms with Crippen LogP contribution in [0.3, 0.4) is 0 Å². The standard InChI is InChI=1S/C5H5O/c6-4-3-5-1-2-5/h1H,2-3H2. The van der Waals surface area contributed by atoms with Gasteiger partial charge in [0, 0.05) is 6.42 Å². The summed E-state index contributed by atoms with van der Waals surface area (Å²) in [7, 11) is 0. The van der Waals surface area contributed by atoms with Crippen molar-refractivity contribution in [3.8, 4) is 0 Å². The highest BCUT2D eigenvalue weighted by Crippen LogP contribution is 2.19. The number of rotatable bonds is 2. The van der Waals surface area contributed by atoms with E-state index in [1.54, 1.807) is 0 Å². The molecule has 0 amide bonds. The summed E-state index contributed by atoms with van der Waals surface area (Å²) in [6, 6.07) is 0. The molecule has 0 N–H and O–H groups in total. The van der Waals surface area contributed by atoms with E-state index in [0.717, 1.165) is 6.42 Å². The third-order valence-corrected chi connectivity index (χ3v) is 0.792. The first-order chi connectivity index (χ1) is 2.93. The molecule has 0 aromatic heterocycles. The third kappa shape index (κ3) is 0.677. The Bertz CT molecular complexity index is 92.1. The molecule has 0 saturated carbocycles. The topological polar surface area (TPSA) is 17.1 Å². The predicted molar refractivity (Wildman–Crippen MR) is 23.0 cm³/mol. The summed E-state index contributed by atoms with van der Waals surface area (Å²) in [4.78, 5) is 9.49. The molecule has 1 rings (SSSR count). The van der Waals surface area contributed by atoms with Gasteiger partial charge in [-0.2, -0.15) is 0 Å². The van der Waals surface area contributed by atoms with E-state index >= 15 is 0 Å². The lowest BCUT2D eigenvalue weighted by Gasteiger charge is -1.66. The second-order valence-electron chi connectivity index (χ2n) is 1.39. The first-order valence-electron chi connectivity index (χ1n) is 1.96. The van der Waals surface area contributed by atoms with Crippen LogP contribution in [-0.4, -0.2) is 6.29 Å². The maximum atomic E-state index is 9.49. The number of allylic oxidation sites excluding steroid dienone is 2. The maximum Gasteiger partial charge on any atom is 0.202 e. The molecule has 0 unspecified atom stereocenters. The van der Waals surface area contributed by atoms with Crippen LogP contribution in [0.25, 0.3) is 0 Å². The molecule has 1 aliphatic rings. The van der Waals surface area contributed by atoms with Gasteiger partial charge in [0.25, 0.3) is 0 Å². The Morgan fingerprint density at radius 2 is 2.67 bits per heavy atom. The van der Waals surface area contributed by atoms with E-state index in [2.05, 4.69) is 0 Å². The van der Waals surface area contributed by atoms with Gasteiger partial charge in [-0.15, -0.1) is 0 Å². The van der Waals surface area contributed by atoms with Crippen molar-refractivity contribution in [2.24, 2.45) is 0 Å². The fourth-order valence-electron chi connectivity index (χ4n) is 0.309. The summed E-state index contributed by atoms with van der Waals surface area (Å²) in [5.74, 6) is 0. The molecule has 0 fully saturated rings. The Morgan fingerprint density at radius 1 is 2.00 bits per heavy atom. The molecule has 0 saturated heterocycles. The fourth-order valence-corrected chi connectivity index (χ4v) is 0.309. The molecular formula is C5H5O. The first kappa shape index (κ1) is 3.59. The third-order valence-electron chi connectivity index (χ3n) is 0.792. The van der Waals surface area contributed by atoms with E-state index in [4.69, 9.17) is 0 Å². The highest BCUT2D eigenvalue weighted by atomic mass is 16.1. The van der Waals surface area contributed by atoms with Crippen molar-refractivity contribution in [2.45, 2.75) is 12.8 Å². The van der Waals surface area contributed by atoms with E-state index in [9.17, 15) is 4.79 Å². The van der Waals surface area contributed by atoms with Crippen molar-refractivity contribution >= 4 is 6.29 Å². The van der Waals surface area contributed by atoms with Gasteiger partial charge in [-0.25, -0.2) is 0 Å². The molecule has 0 atom stereocenters. The SMILES string of the molecule is O=[C]CC1=CC1. The summed E-state index contributed by atoms with van der Waals surface area (Å²) >= 11 is 0. The predicted octanol–water partition coefficient (Wildman–Crippen LogP) is 0.816. The van der Waals surface area contributed by atoms with Gasteiger partial charge in [0.2, 0.25) is 6.29 Å². The van der Waals surface area contributed by atoms with Crippen molar-refractivity contribution in [1.29, 1.82) is 0 Å². The quantitative estimate of drug-likeness (QED) is 0.450. The second-order valence-corrected chi connectivity index (χ2v) is 1.39. The zero-order valence-electron chi connectivity index (χ0n) is 3.40. The Kier molecular flexibility index (Phi) is 0.748. The van der Waals surface area contributed by atoms with Gasteiger partial charge in [0.1, 0.15) is 0 Å². The molecule has 1 nitrogen and oxygen atoms in total. The van der Waals surface area contributed by atoms with Crippen molar-refractivity contribution in [3.63, 3.8) is 0 Å². The maximum absolute atomic E-state index is 9.49. The lowest BCUT2D eigenvalue weighted by Crippen LogP contribution is -1.64. The minimum atomic E-state index is 0.542. The van der Waals surface area contributed by atoms with Crippen LogP contribution in [0, 0.1) is 0 Å². The molecule has 6 heavy (non-hydrogen) atoms. The molecule has 1 radical (unpaired) electrons. The lowest BCUT2D eigenvalue weighted by molar-refractivity contribution is 0.555. The van der Waals surface area contributed by atoms with E-state index in [0.29, 0.717) is 6.42 Å². The van der Waals surface area contributed by atoms with Crippen LogP contribution in [0.2, 0.25) is 0 Å². The molecule has 0 heterocycles.